The highest BCUT2D eigenvalue weighted by Gasteiger charge is 2.54. The molecule has 0 radical (unpaired) electrons. The highest BCUT2D eigenvalue weighted by molar-refractivity contribution is 6.43. The van der Waals surface area contributed by atoms with E-state index in [1.54, 1.807) is 48.5 Å². The third-order valence-corrected chi connectivity index (χ3v) is 6.03. The predicted octanol–water partition coefficient (Wildman–Crippen LogP) is 1.68. The smallest absolute Gasteiger partial charge is 0.475 e. The molecule has 9 nitrogen and oxygen atoms in total. The van der Waals surface area contributed by atoms with Gasteiger partial charge in [-0.3, -0.25) is 20.2 Å². The highest BCUT2D eigenvalue weighted by Crippen LogP contribution is 2.40. The molecule has 1 saturated heterocycles. The maximum atomic E-state index is 13.4. The Morgan fingerprint density at radius 3 is 2.30 bits per heavy atom. The molecular formula is C23H30BN3O6. The van der Waals surface area contributed by atoms with Crippen LogP contribution in [0.25, 0.3) is 0 Å². The first-order chi connectivity index (χ1) is 15.7. The number of methoxy groups -OCH3 is 1. The van der Waals surface area contributed by atoms with Gasteiger partial charge in [0.2, 0.25) is 11.9 Å². The number of ether oxygens (including phenoxy) is 1. The van der Waals surface area contributed by atoms with Crippen LogP contribution in [0.15, 0.2) is 54.6 Å². The molecule has 2 aromatic carbocycles. The van der Waals surface area contributed by atoms with Gasteiger partial charge in [-0.15, -0.1) is 0 Å². The Morgan fingerprint density at radius 2 is 1.79 bits per heavy atom. The SMILES string of the molecule is COc1ccc([C@H]2[C@H]([N+](=O)[O-])[C@@H](c3ccccc3)N[C@H]2C(=O)N[C@@H](CC(C)C)B(O)O)cc1. The summed E-state index contributed by atoms with van der Waals surface area (Å²) in [7, 11) is -0.212. The first-order valence-electron chi connectivity index (χ1n) is 11.0. The van der Waals surface area contributed by atoms with E-state index < -0.39 is 43.0 Å². The van der Waals surface area contributed by atoms with Crippen LogP contribution in [0.5, 0.6) is 5.75 Å². The highest BCUT2D eigenvalue weighted by atomic mass is 16.6. The molecule has 33 heavy (non-hydrogen) atoms. The summed E-state index contributed by atoms with van der Waals surface area (Å²) >= 11 is 0. The third kappa shape index (κ3) is 5.71. The minimum absolute atomic E-state index is 0.106. The molecular weight excluding hydrogens is 425 g/mol. The minimum atomic E-state index is -1.74. The molecule has 1 amide bonds. The van der Waals surface area contributed by atoms with Crippen molar-refractivity contribution in [3.8, 4) is 5.75 Å². The average molecular weight is 455 g/mol. The first-order valence-corrected chi connectivity index (χ1v) is 11.0. The van der Waals surface area contributed by atoms with Crippen LogP contribution in [0.3, 0.4) is 0 Å². The Kier molecular flexibility index (Phi) is 8.07. The van der Waals surface area contributed by atoms with Gasteiger partial charge in [-0.05, 0) is 35.6 Å². The van der Waals surface area contributed by atoms with Gasteiger partial charge in [-0.2, -0.15) is 0 Å². The fourth-order valence-electron chi connectivity index (χ4n) is 4.50. The topological polar surface area (TPSA) is 134 Å². The zero-order chi connectivity index (χ0) is 24.1. The number of rotatable bonds is 9. The molecule has 0 bridgehead atoms. The van der Waals surface area contributed by atoms with E-state index in [9.17, 15) is 25.0 Å². The number of nitro groups is 1. The summed E-state index contributed by atoms with van der Waals surface area (Å²) in [6, 6.07) is 13.1. The lowest BCUT2D eigenvalue weighted by molar-refractivity contribution is -0.527. The van der Waals surface area contributed by atoms with Crippen molar-refractivity contribution in [1.29, 1.82) is 0 Å². The van der Waals surface area contributed by atoms with Crippen LogP contribution in [-0.4, -0.2) is 53.1 Å². The van der Waals surface area contributed by atoms with E-state index in [1.807, 2.05) is 19.9 Å². The van der Waals surface area contributed by atoms with Gasteiger partial charge >= 0.3 is 7.12 Å². The van der Waals surface area contributed by atoms with Gasteiger partial charge in [0, 0.05) is 4.92 Å². The van der Waals surface area contributed by atoms with E-state index >= 15 is 0 Å². The van der Waals surface area contributed by atoms with Crippen molar-refractivity contribution in [2.45, 2.75) is 50.3 Å². The normalized spacial score (nSPS) is 23.2. The Balaban J connectivity index is 2.00. The summed E-state index contributed by atoms with van der Waals surface area (Å²) in [5, 5.41) is 37.6. The summed E-state index contributed by atoms with van der Waals surface area (Å²) in [5.41, 5.74) is 1.32. The summed E-state index contributed by atoms with van der Waals surface area (Å²) in [5.74, 6) is -1.48. The van der Waals surface area contributed by atoms with Crippen LogP contribution in [0.2, 0.25) is 0 Å². The molecule has 1 heterocycles. The summed E-state index contributed by atoms with van der Waals surface area (Å²) in [6.07, 6.45) is 0.351. The lowest BCUT2D eigenvalue weighted by atomic mass is 9.74. The molecule has 0 aromatic heterocycles. The van der Waals surface area contributed by atoms with Crippen molar-refractivity contribution in [2.75, 3.05) is 7.11 Å². The Hall–Kier alpha value is -2.95. The zero-order valence-corrected chi connectivity index (χ0v) is 18.9. The van der Waals surface area contributed by atoms with Gasteiger partial charge in [0.1, 0.15) is 17.8 Å². The first kappa shape index (κ1) is 24.7. The van der Waals surface area contributed by atoms with Gasteiger partial charge in [0.25, 0.3) is 0 Å². The lowest BCUT2D eigenvalue weighted by Crippen LogP contribution is -2.53. The molecule has 1 aliphatic rings. The molecule has 2 aromatic rings. The molecule has 4 N–H and O–H groups in total. The second kappa shape index (κ2) is 10.8. The second-order valence-corrected chi connectivity index (χ2v) is 8.77. The maximum absolute atomic E-state index is 13.4. The second-order valence-electron chi connectivity index (χ2n) is 8.77. The van der Waals surface area contributed by atoms with E-state index in [1.165, 1.54) is 7.11 Å². The van der Waals surface area contributed by atoms with Crippen molar-refractivity contribution >= 4 is 13.0 Å². The molecule has 176 valence electrons. The monoisotopic (exact) mass is 455 g/mol. The average Bonchev–Trinajstić information content (AvgIpc) is 3.20. The molecule has 0 aliphatic carbocycles. The Morgan fingerprint density at radius 1 is 1.15 bits per heavy atom. The third-order valence-electron chi connectivity index (χ3n) is 6.03. The Labute approximate surface area is 193 Å². The van der Waals surface area contributed by atoms with Crippen molar-refractivity contribution in [3.05, 3.63) is 75.8 Å². The zero-order valence-electron chi connectivity index (χ0n) is 18.9. The van der Waals surface area contributed by atoms with Crippen molar-refractivity contribution in [2.24, 2.45) is 5.92 Å². The minimum Gasteiger partial charge on any atom is -0.497 e. The van der Waals surface area contributed by atoms with Crippen LogP contribution in [0.4, 0.5) is 0 Å². The number of carbonyl (C=O) groups excluding carboxylic acids is 1. The number of benzene rings is 2. The van der Waals surface area contributed by atoms with E-state index in [0.717, 1.165) is 0 Å². The van der Waals surface area contributed by atoms with Crippen molar-refractivity contribution in [3.63, 3.8) is 0 Å². The van der Waals surface area contributed by atoms with Gasteiger partial charge < -0.3 is 20.1 Å². The van der Waals surface area contributed by atoms with Crippen LogP contribution >= 0.6 is 0 Å². The summed E-state index contributed by atoms with van der Waals surface area (Å²) < 4.78 is 5.20. The number of hydrogen-bond acceptors (Lipinski definition) is 7. The fourth-order valence-corrected chi connectivity index (χ4v) is 4.50. The molecule has 10 heteroatoms. The number of hydrogen-bond donors (Lipinski definition) is 4. The predicted molar refractivity (Wildman–Crippen MR) is 124 cm³/mol. The number of nitrogens with zero attached hydrogens (tertiary/aromatic N) is 1. The van der Waals surface area contributed by atoms with E-state index in [2.05, 4.69) is 10.6 Å². The van der Waals surface area contributed by atoms with Crippen molar-refractivity contribution in [1.82, 2.24) is 10.6 Å². The largest absolute Gasteiger partial charge is 0.497 e. The van der Waals surface area contributed by atoms with E-state index in [-0.39, 0.29) is 10.8 Å². The molecule has 1 fully saturated rings. The fraction of sp³-hybridized carbons (Fsp3) is 0.435. The van der Waals surface area contributed by atoms with Crippen LogP contribution in [0, 0.1) is 16.0 Å². The van der Waals surface area contributed by atoms with Gasteiger partial charge in [-0.1, -0.05) is 56.3 Å². The molecule has 1 aliphatic heterocycles. The molecule has 5 atom stereocenters. The van der Waals surface area contributed by atoms with Crippen LogP contribution < -0.4 is 15.4 Å². The van der Waals surface area contributed by atoms with Gasteiger partial charge in [0.15, 0.2) is 0 Å². The molecule has 0 unspecified atom stereocenters. The number of carbonyl (C=O) groups is 1. The summed E-state index contributed by atoms with van der Waals surface area (Å²) in [4.78, 5) is 25.3. The number of nitrogens with one attached hydrogen (secondary N) is 2. The lowest BCUT2D eigenvalue weighted by Gasteiger charge is -2.24. The maximum Gasteiger partial charge on any atom is 0.475 e. The summed E-state index contributed by atoms with van der Waals surface area (Å²) in [6.45, 7) is 3.81. The van der Waals surface area contributed by atoms with Crippen LogP contribution in [-0.2, 0) is 4.79 Å². The van der Waals surface area contributed by atoms with Crippen LogP contribution in [0.1, 0.15) is 43.4 Å². The van der Waals surface area contributed by atoms with E-state index in [4.69, 9.17) is 4.74 Å². The number of amides is 1. The van der Waals surface area contributed by atoms with Crippen molar-refractivity contribution < 1.29 is 24.5 Å². The van der Waals surface area contributed by atoms with Gasteiger partial charge in [-0.25, -0.2) is 0 Å². The quantitative estimate of drug-likeness (QED) is 0.257. The Bertz CT molecular complexity index is 941. The van der Waals surface area contributed by atoms with Gasteiger partial charge in [0.05, 0.1) is 19.0 Å². The standard InChI is InChI=1S/C23H30BN3O6/c1-14(2)13-18(24(29)30)25-23(28)21-19(15-9-11-17(33-3)12-10-15)22(27(31)32)20(26-21)16-7-5-4-6-8-16/h4-12,14,18-22,26,29-30H,13H2,1-3H3,(H,25,28)/t18-,19+,20+,21+,22-/m0/s1. The molecule has 0 saturated carbocycles. The molecule has 0 spiro atoms. The molecule has 3 rings (SSSR count). The van der Waals surface area contributed by atoms with E-state index in [0.29, 0.717) is 23.3 Å².